The molecule has 0 aromatic heterocycles. The van der Waals surface area contributed by atoms with Crippen LogP contribution >= 0.6 is 0 Å². The highest BCUT2D eigenvalue weighted by Crippen LogP contribution is 2.26. The molecule has 7 nitrogen and oxygen atoms in total. The highest BCUT2D eigenvalue weighted by atomic mass is 16.6. The maximum atomic E-state index is 12.7. The Labute approximate surface area is 162 Å². The van der Waals surface area contributed by atoms with E-state index in [0.717, 1.165) is 32.1 Å². The summed E-state index contributed by atoms with van der Waals surface area (Å²) in [6.45, 7) is 7.34. The lowest BCUT2D eigenvalue weighted by atomic mass is 9.87. The lowest BCUT2D eigenvalue weighted by Gasteiger charge is -2.40. The minimum atomic E-state index is -1.48. The fourth-order valence-corrected chi connectivity index (χ4v) is 3.19. The minimum Gasteiger partial charge on any atom is -0.444 e. The number of unbranched alkanes of at least 4 members (excludes halogenated alkanes) is 5. The van der Waals surface area contributed by atoms with Crippen LogP contribution in [0, 0.1) is 0 Å². The van der Waals surface area contributed by atoms with E-state index in [9.17, 15) is 25.2 Å². The molecule has 4 N–H and O–H groups in total. The monoisotopic (exact) mass is 387 g/mol. The van der Waals surface area contributed by atoms with Crippen molar-refractivity contribution in [2.45, 2.75) is 96.2 Å². The maximum absolute atomic E-state index is 12.7. The summed E-state index contributed by atoms with van der Waals surface area (Å²) < 4.78 is 5.47. The van der Waals surface area contributed by atoms with E-state index in [1.165, 1.54) is 17.4 Å². The molecule has 0 heterocycles. The Morgan fingerprint density at radius 1 is 1.07 bits per heavy atom. The van der Waals surface area contributed by atoms with Crippen molar-refractivity contribution < 1.29 is 30.0 Å². The van der Waals surface area contributed by atoms with Crippen LogP contribution in [0.4, 0.5) is 4.79 Å². The number of amides is 1. The Hall–Kier alpha value is -1.15. The van der Waals surface area contributed by atoms with Crippen molar-refractivity contribution in [3.05, 3.63) is 11.6 Å². The molecule has 0 aliphatic heterocycles. The number of carbonyl (C=O) groups is 1. The van der Waals surface area contributed by atoms with Gasteiger partial charge in [-0.25, -0.2) is 4.79 Å². The van der Waals surface area contributed by atoms with Crippen molar-refractivity contribution in [2.24, 2.45) is 0 Å². The molecule has 0 radical (unpaired) electrons. The third-order valence-electron chi connectivity index (χ3n) is 4.71. The van der Waals surface area contributed by atoms with Gasteiger partial charge in [0.2, 0.25) is 0 Å². The zero-order valence-corrected chi connectivity index (χ0v) is 17.1. The van der Waals surface area contributed by atoms with Crippen molar-refractivity contribution >= 4 is 6.09 Å². The molecule has 0 aromatic carbocycles. The van der Waals surface area contributed by atoms with Crippen LogP contribution in [0.5, 0.6) is 0 Å². The molecule has 27 heavy (non-hydrogen) atoms. The molecule has 1 aliphatic carbocycles. The molecule has 7 heteroatoms. The molecule has 0 bridgehead atoms. The van der Waals surface area contributed by atoms with Crippen molar-refractivity contribution in [1.82, 2.24) is 4.90 Å². The molecular formula is C20H37NO6. The molecule has 0 aromatic rings. The van der Waals surface area contributed by atoms with Crippen LogP contribution in [0.2, 0.25) is 0 Å². The molecular weight excluding hydrogens is 350 g/mol. The normalized spacial score (nSPS) is 25.9. The molecule has 0 saturated heterocycles. The van der Waals surface area contributed by atoms with Crippen LogP contribution in [0.1, 0.15) is 66.2 Å². The first-order valence-electron chi connectivity index (χ1n) is 9.97. The average molecular weight is 388 g/mol. The van der Waals surface area contributed by atoms with E-state index in [-0.39, 0.29) is 5.57 Å². The van der Waals surface area contributed by atoms with Crippen LogP contribution in [0.15, 0.2) is 11.6 Å². The Kier molecular flexibility index (Phi) is 9.73. The van der Waals surface area contributed by atoms with Crippen molar-refractivity contribution in [1.29, 1.82) is 0 Å². The van der Waals surface area contributed by atoms with Crippen molar-refractivity contribution in [3.8, 4) is 0 Å². The smallest absolute Gasteiger partial charge is 0.410 e. The highest BCUT2D eigenvalue weighted by molar-refractivity contribution is 5.69. The van der Waals surface area contributed by atoms with Gasteiger partial charge in [0.15, 0.2) is 0 Å². The fraction of sp³-hybridized carbons (Fsp3) is 0.850. The van der Waals surface area contributed by atoms with Gasteiger partial charge in [-0.15, -0.1) is 0 Å². The number of ether oxygens (including phenoxy) is 1. The zero-order chi connectivity index (χ0) is 20.6. The van der Waals surface area contributed by atoms with Gasteiger partial charge in [0, 0.05) is 6.54 Å². The van der Waals surface area contributed by atoms with Crippen molar-refractivity contribution in [3.63, 3.8) is 0 Å². The third kappa shape index (κ3) is 7.41. The first-order valence-corrected chi connectivity index (χ1v) is 9.97. The number of hydrogen-bond donors (Lipinski definition) is 4. The molecule has 0 fully saturated rings. The predicted octanol–water partition coefficient (Wildman–Crippen LogP) is 1.97. The molecule has 1 aliphatic rings. The number of nitrogens with zero attached hydrogens (tertiary/aromatic N) is 1. The first-order chi connectivity index (χ1) is 12.6. The van der Waals surface area contributed by atoms with E-state index >= 15 is 0 Å². The summed E-state index contributed by atoms with van der Waals surface area (Å²) in [5.41, 5.74) is -0.508. The van der Waals surface area contributed by atoms with E-state index in [4.69, 9.17) is 4.74 Å². The van der Waals surface area contributed by atoms with E-state index in [2.05, 4.69) is 6.92 Å². The van der Waals surface area contributed by atoms with Gasteiger partial charge in [-0.1, -0.05) is 45.1 Å². The van der Waals surface area contributed by atoms with Crippen LogP contribution in [-0.4, -0.2) is 74.5 Å². The summed E-state index contributed by atoms with van der Waals surface area (Å²) in [7, 11) is 0. The highest BCUT2D eigenvalue weighted by Gasteiger charge is 2.42. The molecule has 4 atom stereocenters. The van der Waals surface area contributed by atoms with Crippen molar-refractivity contribution in [2.75, 3.05) is 13.2 Å². The molecule has 1 rings (SSSR count). The summed E-state index contributed by atoms with van der Waals surface area (Å²) >= 11 is 0. The number of aliphatic hydroxyl groups excluding tert-OH is 4. The summed E-state index contributed by atoms with van der Waals surface area (Å²) in [6, 6.07) is -0.865. The van der Waals surface area contributed by atoms with Gasteiger partial charge in [0.05, 0.1) is 12.6 Å². The SMILES string of the molecule is CCCCCCCCN(C(=O)OC(C)(C)C)[C@@H]1C=C(CO)[C@H](O)C(O)C1O. The Morgan fingerprint density at radius 2 is 1.67 bits per heavy atom. The topological polar surface area (TPSA) is 110 Å². The lowest BCUT2D eigenvalue weighted by Crippen LogP contribution is -2.57. The summed E-state index contributed by atoms with van der Waals surface area (Å²) in [4.78, 5) is 14.1. The van der Waals surface area contributed by atoms with Crippen LogP contribution < -0.4 is 0 Å². The molecule has 0 saturated carbocycles. The zero-order valence-electron chi connectivity index (χ0n) is 17.1. The summed E-state index contributed by atoms with van der Waals surface area (Å²) in [6.07, 6.45) is 2.95. The van der Waals surface area contributed by atoms with Gasteiger partial charge < -0.3 is 25.2 Å². The first kappa shape index (κ1) is 23.9. The lowest BCUT2D eigenvalue weighted by molar-refractivity contribution is -0.0840. The molecule has 2 unspecified atom stereocenters. The number of aliphatic hydroxyl groups is 4. The number of rotatable bonds is 9. The Morgan fingerprint density at radius 3 is 2.22 bits per heavy atom. The van der Waals surface area contributed by atoms with Gasteiger partial charge in [-0.2, -0.15) is 0 Å². The second kappa shape index (κ2) is 11.0. The van der Waals surface area contributed by atoms with Gasteiger partial charge >= 0.3 is 6.09 Å². The summed E-state index contributed by atoms with van der Waals surface area (Å²) in [5.74, 6) is 0. The summed E-state index contributed by atoms with van der Waals surface area (Å²) in [5, 5.41) is 39.9. The quantitative estimate of drug-likeness (QED) is 0.356. The molecule has 158 valence electrons. The van der Waals surface area contributed by atoms with Crippen LogP contribution in [-0.2, 0) is 4.74 Å². The van der Waals surface area contributed by atoms with Gasteiger partial charge in [0.25, 0.3) is 0 Å². The average Bonchev–Trinajstić information content (AvgIpc) is 2.58. The van der Waals surface area contributed by atoms with Crippen LogP contribution in [0.25, 0.3) is 0 Å². The Balaban J connectivity index is 2.91. The third-order valence-corrected chi connectivity index (χ3v) is 4.71. The van der Waals surface area contributed by atoms with Gasteiger partial charge in [-0.05, 0) is 32.8 Å². The second-order valence-electron chi connectivity index (χ2n) is 8.26. The van der Waals surface area contributed by atoms with E-state index < -0.39 is 42.7 Å². The van der Waals surface area contributed by atoms with Crippen LogP contribution in [0.3, 0.4) is 0 Å². The van der Waals surface area contributed by atoms with E-state index in [0.29, 0.717) is 6.54 Å². The van der Waals surface area contributed by atoms with E-state index in [1.807, 2.05) is 0 Å². The maximum Gasteiger partial charge on any atom is 0.410 e. The molecule has 0 spiro atoms. The Bertz CT molecular complexity index is 487. The minimum absolute atomic E-state index is 0.189. The van der Waals surface area contributed by atoms with E-state index in [1.54, 1.807) is 20.8 Å². The standard InChI is InChI=1S/C20H37NO6/c1-5-6-7-8-9-10-11-21(19(26)27-20(2,3)4)15-12-14(13-22)16(23)18(25)17(15)24/h12,15-18,22-25H,5-11,13H2,1-4H3/t15-,16+,17?,18?/m1/s1. The van der Waals surface area contributed by atoms with Gasteiger partial charge in [0.1, 0.15) is 23.9 Å². The largest absolute Gasteiger partial charge is 0.444 e. The predicted molar refractivity (Wildman–Crippen MR) is 103 cm³/mol. The van der Waals surface area contributed by atoms with Gasteiger partial charge in [-0.3, -0.25) is 4.90 Å². The number of hydrogen-bond acceptors (Lipinski definition) is 6. The molecule has 1 amide bonds. The second-order valence-corrected chi connectivity index (χ2v) is 8.26. The number of carbonyl (C=O) groups excluding carboxylic acids is 1. The fourth-order valence-electron chi connectivity index (χ4n) is 3.19.